The van der Waals surface area contributed by atoms with Crippen molar-refractivity contribution in [3.8, 4) is 5.82 Å². The average molecular weight is 395 g/mol. The van der Waals surface area contributed by atoms with E-state index in [1.807, 2.05) is 27.8 Å². The van der Waals surface area contributed by atoms with Crippen LogP contribution in [0.1, 0.15) is 28.8 Å². The van der Waals surface area contributed by atoms with Crippen molar-refractivity contribution in [2.75, 3.05) is 6.54 Å². The van der Waals surface area contributed by atoms with E-state index in [1.54, 1.807) is 30.1 Å². The van der Waals surface area contributed by atoms with Crippen LogP contribution in [0.4, 0.5) is 0 Å². The van der Waals surface area contributed by atoms with Gasteiger partial charge in [-0.05, 0) is 41.1 Å². The molecule has 3 aromatic heterocycles. The maximum Gasteiger partial charge on any atom is 0.223 e. The predicted octanol–water partition coefficient (Wildman–Crippen LogP) is 2.31. The van der Waals surface area contributed by atoms with Gasteiger partial charge < -0.3 is 10.2 Å². The van der Waals surface area contributed by atoms with Crippen molar-refractivity contribution in [1.82, 2.24) is 24.8 Å². The van der Waals surface area contributed by atoms with Crippen LogP contribution in [0.2, 0.25) is 0 Å². The summed E-state index contributed by atoms with van der Waals surface area (Å²) in [5.74, 6) is 0.665. The van der Waals surface area contributed by atoms with Gasteiger partial charge in [0.25, 0.3) is 0 Å². The van der Waals surface area contributed by atoms with Gasteiger partial charge in [-0.3, -0.25) is 14.2 Å². The van der Waals surface area contributed by atoms with Crippen LogP contribution in [0.25, 0.3) is 5.82 Å². The van der Waals surface area contributed by atoms with E-state index >= 15 is 0 Å². The Morgan fingerprint density at radius 1 is 1.21 bits per heavy atom. The topological polar surface area (TPSA) is 80.1 Å². The Hall–Kier alpha value is -3.00. The molecule has 3 aromatic rings. The third-order valence-corrected chi connectivity index (χ3v) is 5.82. The van der Waals surface area contributed by atoms with Crippen molar-refractivity contribution in [2.45, 2.75) is 32.4 Å². The van der Waals surface area contributed by atoms with E-state index < -0.39 is 0 Å². The van der Waals surface area contributed by atoms with Gasteiger partial charge >= 0.3 is 0 Å². The minimum atomic E-state index is -0.123. The molecule has 1 aliphatic rings. The molecule has 0 spiro atoms. The molecule has 0 aliphatic carbocycles. The number of aromatic nitrogens is 3. The first-order valence-corrected chi connectivity index (χ1v) is 10.1. The number of rotatable bonds is 6. The standard InChI is InChI=1S/C20H21N5O2S/c26-19(1-2-20(27)24-8-4-17-16(13-24)5-10-28-17)23-12-15-3-6-22-18(11-15)25-9-7-21-14-25/h3,5-7,9-11,14H,1-2,4,8,12-13H2,(H,23,26). The Morgan fingerprint density at radius 3 is 3.00 bits per heavy atom. The number of nitrogens with one attached hydrogen (secondary N) is 1. The molecule has 1 aliphatic heterocycles. The van der Waals surface area contributed by atoms with Crippen molar-refractivity contribution < 1.29 is 9.59 Å². The normalized spacial score (nSPS) is 13.2. The molecule has 0 aromatic carbocycles. The molecule has 0 saturated carbocycles. The number of carbonyl (C=O) groups excluding carboxylic acids is 2. The van der Waals surface area contributed by atoms with E-state index in [0.29, 0.717) is 13.1 Å². The summed E-state index contributed by atoms with van der Waals surface area (Å²) in [6, 6.07) is 5.84. The second kappa shape index (κ2) is 8.35. The molecule has 28 heavy (non-hydrogen) atoms. The van der Waals surface area contributed by atoms with Crippen LogP contribution in [-0.2, 0) is 29.1 Å². The zero-order chi connectivity index (χ0) is 19.3. The van der Waals surface area contributed by atoms with Gasteiger partial charge in [-0.2, -0.15) is 0 Å². The van der Waals surface area contributed by atoms with Gasteiger partial charge in [-0.1, -0.05) is 0 Å². The monoisotopic (exact) mass is 395 g/mol. The van der Waals surface area contributed by atoms with E-state index in [9.17, 15) is 9.59 Å². The Morgan fingerprint density at radius 2 is 2.14 bits per heavy atom. The van der Waals surface area contributed by atoms with E-state index in [-0.39, 0.29) is 24.7 Å². The highest BCUT2D eigenvalue weighted by Gasteiger charge is 2.21. The molecule has 0 unspecified atom stereocenters. The predicted molar refractivity (Wildman–Crippen MR) is 106 cm³/mol. The summed E-state index contributed by atoms with van der Waals surface area (Å²) in [4.78, 5) is 36.1. The minimum Gasteiger partial charge on any atom is -0.352 e. The van der Waals surface area contributed by atoms with Crippen molar-refractivity contribution in [3.63, 3.8) is 0 Å². The summed E-state index contributed by atoms with van der Waals surface area (Å²) in [6.45, 7) is 1.80. The van der Waals surface area contributed by atoms with Crippen LogP contribution in [0.15, 0.2) is 48.5 Å². The smallest absolute Gasteiger partial charge is 0.223 e. The summed E-state index contributed by atoms with van der Waals surface area (Å²) in [7, 11) is 0. The molecule has 7 nitrogen and oxygen atoms in total. The van der Waals surface area contributed by atoms with Gasteiger partial charge in [0.15, 0.2) is 0 Å². The van der Waals surface area contributed by atoms with Crippen molar-refractivity contribution in [1.29, 1.82) is 0 Å². The summed E-state index contributed by atoms with van der Waals surface area (Å²) >= 11 is 1.75. The number of fused-ring (bicyclic) bond motifs is 1. The highest BCUT2D eigenvalue weighted by Crippen LogP contribution is 2.24. The summed E-state index contributed by atoms with van der Waals surface area (Å²) < 4.78 is 1.81. The molecular formula is C20H21N5O2S. The number of thiophene rings is 1. The van der Waals surface area contributed by atoms with Crippen molar-refractivity contribution >= 4 is 23.2 Å². The fraction of sp³-hybridized carbons (Fsp3) is 0.300. The zero-order valence-electron chi connectivity index (χ0n) is 15.4. The average Bonchev–Trinajstić information content (AvgIpc) is 3.42. The quantitative estimate of drug-likeness (QED) is 0.695. The molecule has 144 valence electrons. The number of hydrogen-bond donors (Lipinski definition) is 1. The van der Waals surface area contributed by atoms with Crippen molar-refractivity contribution in [2.24, 2.45) is 0 Å². The molecule has 4 rings (SSSR count). The lowest BCUT2D eigenvalue weighted by Crippen LogP contribution is -2.36. The van der Waals surface area contributed by atoms with Gasteiger partial charge in [0, 0.05) is 55.9 Å². The number of nitrogens with zero attached hydrogens (tertiary/aromatic N) is 4. The molecule has 4 heterocycles. The molecule has 0 atom stereocenters. The fourth-order valence-corrected chi connectivity index (χ4v) is 4.13. The second-order valence-corrected chi connectivity index (χ2v) is 7.70. The summed E-state index contributed by atoms with van der Waals surface area (Å²) in [5, 5.41) is 4.95. The Labute approximate surface area is 167 Å². The summed E-state index contributed by atoms with van der Waals surface area (Å²) in [5.41, 5.74) is 2.18. The lowest BCUT2D eigenvalue weighted by molar-refractivity contribution is -0.134. The van der Waals surface area contributed by atoms with Crippen LogP contribution in [-0.4, -0.2) is 37.8 Å². The Balaban J connectivity index is 1.24. The molecule has 0 fully saturated rings. The Kier molecular flexibility index (Phi) is 5.48. The molecule has 0 saturated heterocycles. The maximum absolute atomic E-state index is 12.4. The van der Waals surface area contributed by atoms with Gasteiger partial charge in [0.2, 0.25) is 11.8 Å². The van der Waals surface area contributed by atoms with Crippen molar-refractivity contribution in [3.05, 3.63) is 64.5 Å². The molecule has 8 heteroatoms. The van der Waals surface area contributed by atoms with Crippen LogP contribution in [0.5, 0.6) is 0 Å². The van der Waals surface area contributed by atoms with Crippen LogP contribution < -0.4 is 5.32 Å². The molecule has 0 bridgehead atoms. The van der Waals surface area contributed by atoms with E-state index in [4.69, 9.17) is 0 Å². The second-order valence-electron chi connectivity index (χ2n) is 6.70. The lowest BCUT2D eigenvalue weighted by atomic mass is 10.1. The van der Waals surface area contributed by atoms with E-state index in [2.05, 4.69) is 26.7 Å². The first-order chi connectivity index (χ1) is 13.7. The number of hydrogen-bond acceptors (Lipinski definition) is 5. The van der Waals surface area contributed by atoms with Gasteiger partial charge in [-0.25, -0.2) is 9.97 Å². The molecular weight excluding hydrogens is 374 g/mol. The van der Waals surface area contributed by atoms with Gasteiger partial charge in [0.1, 0.15) is 12.1 Å². The minimum absolute atomic E-state index is 0.0401. The zero-order valence-corrected chi connectivity index (χ0v) is 16.2. The van der Waals surface area contributed by atoms with Crippen LogP contribution in [0.3, 0.4) is 0 Å². The first kappa shape index (κ1) is 18.4. The third-order valence-electron chi connectivity index (χ3n) is 4.79. The highest BCUT2D eigenvalue weighted by atomic mass is 32.1. The number of amides is 2. The van der Waals surface area contributed by atoms with Crippen LogP contribution in [0, 0.1) is 0 Å². The largest absolute Gasteiger partial charge is 0.352 e. The van der Waals surface area contributed by atoms with Crippen LogP contribution >= 0.6 is 11.3 Å². The number of carbonyl (C=O) groups is 2. The Bertz CT molecular complexity index is 967. The van der Waals surface area contributed by atoms with E-state index in [0.717, 1.165) is 24.3 Å². The van der Waals surface area contributed by atoms with Gasteiger partial charge in [0.05, 0.1) is 0 Å². The van der Waals surface area contributed by atoms with Gasteiger partial charge in [-0.15, -0.1) is 11.3 Å². The molecule has 1 N–H and O–H groups in total. The SMILES string of the molecule is O=C(CCC(=O)N1CCc2sccc2C1)NCc1ccnc(-n2ccnc2)c1. The number of pyridine rings is 1. The number of imidazole rings is 1. The van der Waals surface area contributed by atoms with E-state index in [1.165, 1.54) is 10.4 Å². The third kappa shape index (κ3) is 4.28. The fourth-order valence-electron chi connectivity index (χ4n) is 3.24. The first-order valence-electron chi connectivity index (χ1n) is 9.22. The maximum atomic E-state index is 12.4. The highest BCUT2D eigenvalue weighted by molar-refractivity contribution is 7.10. The lowest BCUT2D eigenvalue weighted by Gasteiger charge is -2.27. The molecule has 0 radical (unpaired) electrons. The molecule has 2 amide bonds. The summed E-state index contributed by atoms with van der Waals surface area (Å²) in [6.07, 6.45) is 8.23.